The van der Waals surface area contributed by atoms with Crippen LogP contribution < -0.4 is 10.9 Å². The normalized spacial score (nSPS) is 29.6. The molecule has 1 aromatic rings. The van der Waals surface area contributed by atoms with Crippen molar-refractivity contribution in [1.29, 1.82) is 0 Å². The molecule has 0 saturated carbocycles. The SMILES string of the molecule is CC1CNNC1C1CCCN(C(=O)c2ccccc2Cl)C1. The summed E-state index contributed by atoms with van der Waals surface area (Å²) < 4.78 is 0. The molecular formula is C16H22ClN3O. The van der Waals surface area contributed by atoms with Crippen LogP contribution in [-0.2, 0) is 0 Å². The van der Waals surface area contributed by atoms with Crippen LogP contribution in [0, 0.1) is 11.8 Å². The number of piperidine rings is 1. The van der Waals surface area contributed by atoms with E-state index in [0.717, 1.165) is 26.1 Å². The van der Waals surface area contributed by atoms with Crippen LogP contribution in [0.5, 0.6) is 0 Å². The molecule has 2 N–H and O–H groups in total. The monoisotopic (exact) mass is 307 g/mol. The number of amides is 1. The van der Waals surface area contributed by atoms with Crippen LogP contribution in [0.15, 0.2) is 24.3 Å². The van der Waals surface area contributed by atoms with E-state index in [-0.39, 0.29) is 5.91 Å². The molecular weight excluding hydrogens is 286 g/mol. The predicted octanol–water partition coefficient (Wildman–Crippen LogP) is 2.30. The first-order chi connectivity index (χ1) is 10.2. The van der Waals surface area contributed by atoms with E-state index in [1.54, 1.807) is 6.07 Å². The van der Waals surface area contributed by atoms with E-state index in [1.165, 1.54) is 6.42 Å². The first kappa shape index (κ1) is 14.8. The highest BCUT2D eigenvalue weighted by molar-refractivity contribution is 6.33. The molecule has 5 heteroatoms. The van der Waals surface area contributed by atoms with E-state index in [9.17, 15) is 4.79 Å². The minimum Gasteiger partial charge on any atom is -0.338 e. The summed E-state index contributed by atoms with van der Waals surface area (Å²) in [6, 6.07) is 7.76. The van der Waals surface area contributed by atoms with Crippen molar-refractivity contribution >= 4 is 17.5 Å². The number of benzene rings is 1. The fraction of sp³-hybridized carbons (Fsp3) is 0.562. The summed E-state index contributed by atoms with van der Waals surface area (Å²) in [6.07, 6.45) is 2.24. The topological polar surface area (TPSA) is 44.4 Å². The Morgan fingerprint density at radius 2 is 2.19 bits per heavy atom. The molecule has 2 fully saturated rings. The average molecular weight is 308 g/mol. The lowest BCUT2D eigenvalue weighted by molar-refractivity contribution is 0.0638. The van der Waals surface area contributed by atoms with Gasteiger partial charge in [0.15, 0.2) is 0 Å². The molecule has 2 aliphatic rings. The highest BCUT2D eigenvalue weighted by Gasteiger charge is 2.35. The van der Waals surface area contributed by atoms with Crippen LogP contribution in [0.3, 0.4) is 0 Å². The van der Waals surface area contributed by atoms with E-state index in [2.05, 4.69) is 17.8 Å². The second-order valence-corrected chi connectivity index (χ2v) is 6.57. The summed E-state index contributed by atoms with van der Waals surface area (Å²) in [5.74, 6) is 1.17. The Hall–Kier alpha value is -1.10. The quantitative estimate of drug-likeness (QED) is 0.881. The van der Waals surface area contributed by atoms with Gasteiger partial charge in [-0.3, -0.25) is 15.6 Å². The molecule has 0 spiro atoms. The lowest BCUT2D eigenvalue weighted by atomic mass is 9.85. The number of hydrogen-bond acceptors (Lipinski definition) is 3. The van der Waals surface area contributed by atoms with Crippen LogP contribution in [0.2, 0.25) is 5.02 Å². The van der Waals surface area contributed by atoms with Crippen molar-refractivity contribution in [1.82, 2.24) is 15.8 Å². The number of hydrogen-bond donors (Lipinski definition) is 2. The van der Waals surface area contributed by atoms with Gasteiger partial charge in [-0.25, -0.2) is 0 Å². The zero-order valence-electron chi connectivity index (χ0n) is 12.3. The lowest BCUT2D eigenvalue weighted by Crippen LogP contribution is -2.48. The van der Waals surface area contributed by atoms with E-state index >= 15 is 0 Å². The summed E-state index contributed by atoms with van der Waals surface area (Å²) in [5, 5.41) is 0.540. The van der Waals surface area contributed by atoms with Gasteiger partial charge in [0, 0.05) is 25.7 Å². The summed E-state index contributed by atoms with van der Waals surface area (Å²) in [6.45, 7) is 4.90. The van der Waals surface area contributed by atoms with Crippen LogP contribution in [0.25, 0.3) is 0 Å². The van der Waals surface area contributed by atoms with Crippen molar-refractivity contribution in [2.24, 2.45) is 11.8 Å². The summed E-state index contributed by atoms with van der Waals surface area (Å²) in [4.78, 5) is 14.6. The Balaban J connectivity index is 1.71. The smallest absolute Gasteiger partial charge is 0.255 e. The third kappa shape index (κ3) is 3.07. The summed E-state index contributed by atoms with van der Waals surface area (Å²) in [7, 11) is 0. The third-order valence-corrected chi connectivity index (χ3v) is 4.99. The van der Waals surface area contributed by atoms with E-state index < -0.39 is 0 Å². The van der Waals surface area contributed by atoms with Crippen LogP contribution in [0.4, 0.5) is 0 Å². The predicted molar refractivity (Wildman–Crippen MR) is 84.2 cm³/mol. The van der Waals surface area contributed by atoms with E-state index in [4.69, 9.17) is 11.6 Å². The molecule has 2 heterocycles. The highest BCUT2D eigenvalue weighted by atomic mass is 35.5. The molecule has 1 aromatic carbocycles. The fourth-order valence-electron chi connectivity index (χ4n) is 3.48. The van der Waals surface area contributed by atoms with Crippen LogP contribution in [0.1, 0.15) is 30.1 Å². The first-order valence-corrected chi connectivity index (χ1v) is 8.07. The zero-order chi connectivity index (χ0) is 14.8. The average Bonchev–Trinajstić information content (AvgIpc) is 2.93. The molecule has 3 unspecified atom stereocenters. The van der Waals surface area contributed by atoms with Crippen molar-refractivity contribution in [2.75, 3.05) is 19.6 Å². The largest absolute Gasteiger partial charge is 0.338 e. The Morgan fingerprint density at radius 1 is 1.38 bits per heavy atom. The van der Waals surface area contributed by atoms with Crippen LogP contribution >= 0.6 is 11.6 Å². The maximum atomic E-state index is 12.7. The molecule has 0 bridgehead atoms. The van der Waals surface area contributed by atoms with Gasteiger partial charge in [0.05, 0.1) is 10.6 Å². The van der Waals surface area contributed by atoms with Gasteiger partial charge in [0.1, 0.15) is 0 Å². The third-order valence-electron chi connectivity index (χ3n) is 4.66. The number of nitrogens with one attached hydrogen (secondary N) is 2. The molecule has 1 amide bonds. The molecule has 2 saturated heterocycles. The number of nitrogens with zero attached hydrogens (tertiary/aromatic N) is 1. The fourth-order valence-corrected chi connectivity index (χ4v) is 3.70. The van der Waals surface area contributed by atoms with Gasteiger partial charge in [-0.15, -0.1) is 0 Å². The molecule has 0 radical (unpaired) electrons. The molecule has 0 aliphatic carbocycles. The standard InChI is InChI=1S/C16H22ClN3O/c1-11-9-18-19-15(11)12-5-4-8-20(10-12)16(21)13-6-2-3-7-14(13)17/h2-3,6-7,11-12,15,18-19H,4-5,8-10H2,1H3. The molecule has 114 valence electrons. The van der Waals surface area contributed by atoms with Gasteiger partial charge in [-0.05, 0) is 36.8 Å². The molecule has 3 rings (SSSR count). The zero-order valence-corrected chi connectivity index (χ0v) is 13.1. The number of likely N-dealkylation sites (tertiary alicyclic amines) is 1. The summed E-state index contributed by atoms with van der Waals surface area (Å²) in [5.41, 5.74) is 7.22. The Labute approximate surface area is 130 Å². The minimum absolute atomic E-state index is 0.0592. The van der Waals surface area contributed by atoms with E-state index in [1.807, 2.05) is 23.1 Å². The van der Waals surface area contributed by atoms with Crippen molar-refractivity contribution in [3.05, 3.63) is 34.9 Å². The van der Waals surface area contributed by atoms with Crippen LogP contribution in [-0.4, -0.2) is 36.5 Å². The van der Waals surface area contributed by atoms with Gasteiger partial charge in [0.2, 0.25) is 0 Å². The van der Waals surface area contributed by atoms with Gasteiger partial charge in [0.25, 0.3) is 5.91 Å². The maximum absolute atomic E-state index is 12.7. The number of carbonyl (C=O) groups excluding carboxylic acids is 1. The maximum Gasteiger partial charge on any atom is 0.255 e. The van der Waals surface area contributed by atoms with Crippen molar-refractivity contribution in [3.8, 4) is 0 Å². The van der Waals surface area contributed by atoms with E-state index in [0.29, 0.717) is 28.5 Å². The van der Waals surface area contributed by atoms with Gasteiger partial charge in [-0.1, -0.05) is 30.7 Å². The van der Waals surface area contributed by atoms with Crippen molar-refractivity contribution in [3.63, 3.8) is 0 Å². The molecule has 3 atom stereocenters. The number of rotatable bonds is 2. The second kappa shape index (κ2) is 6.34. The first-order valence-electron chi connectivity index (χ1n) is 7.69. The molecule has 2 aliphatic heterocycles. The highest BCUT2D eigenvalue weighted by Crippen LogP contribution is 2.27. The summed E-state index contributed by atoms with van der Waals surface area (Å²) >= 11 is 6.16. The second-order valence-electron chi connectivity index (χ2n) is 6.16. The molecule has 4 nitrogen and oxygen atoms in total. The Bertz CT molecular complexity index is 522. The Kier molecular flexibility index (Phi) is 4.48. The molecule has 0 aromatic heterocycles. The minimum atomic E-state index is 0.0592. The van der Waals surface area contributed by atoms with Gasteiger partial charge in [-0.2, -0.15) is 0 Å². The van der Waals surface area contributed by atoms with Crippen molar-refractivity contribution in [2.45, 2.75) is 25.8 Å². The lowest BCUT2D eigenvalue weighted by Gasteiger charge is -2.37. The number of hydrazine groups is 1. The Morgan fingerprint density at radius 3 is 2.90 bits per heavy atom. The van der Waals surface area contributed by atoms with Gasteiger partial charge >= 0.3 is 0 Å². The van der Waals surface area contributed by atoms with Crippen molar-refractivity contribution < 1.29 is 4.79 Å². The van der Waals surface area contributed by atoms with Gasteiger partial charge < -0.3 is 4.90 Å². The number of carbonyl (C=O) groups is 1. The number of halogens is 1. The molecule has 21 heavy (non-hydrogen) atoms.